The van der Waals surface area contributed by atoms with Crippen molar-refractivity contribution in [3.63, 3.8) is 0 Å². The summed E-state index contributed by atoms with van der Waals surface area (Å²) in [6.45, 7) is 0.855. The third kappa shape index (κ3) is 3.87. The molecule has 2 heterocycles. The van der Waals surface area contributed by atoms with Crippen LogP contribution in [0.3, 0.4) is 0 Å². The zero-order valence-corrected chi connectivity index (χ0v) is 17.5. The molecule has 9 nitrogen and oxygen atoms in total. The lowest BCUT2D eigenvalue weighted by atomic mass is 10.1. The van der Waals surface area contributed by atoms with Gasteiger partial charge < -0.3 is 24.3 Å². The topological polar surface area (TPSA) is 112 Å². The van der Waals surface area contributed by atoms with Crippen molar-refractivity contribution < 1.29 is 32.2 Å². The number of sulfonamides is 1. The van der Waals surface area contributed by atoms with Crippen molar-refractivity contribution in [1.29, 1.82) is 0 Å². The number of para-hydroxylation sites is 1. The zero-order valence-electron chi connectivity index (χ0n) is 16.7. The summed E-state index contributed by atoms with van der Waals surface area (Å²) < 4.78 is 49.5. The van der Waals surface area contributed by atoms with Crippen LogP contribution < -0.4 is 29.0 Å². The van der Waals surface area contributed by atoms with E-state index in [-0.39, 0.29) is 17.6 Å². The van der Waals surface area contributed by atoms with Crippen molar-refractivity contribution in [3.05, 3.63) is 66.2 Å². The monoisotopic (exact) mass is 454 g/mol. The van der Waals surface area contributed by atoms with Crippen molar-refractivity contribution >= 4 is 27.3 Å². The third-order valence-corrected chi connectivity index (χ3v) is 6.24. The molecule has 0 aromatic heterocycles. The van der Waals surface area contributed by atoms with Crippen molar-refractivity contribution in [2.45, 2.75) is 4.90 Å². The summed E-state index contributed by atoms with van der Waals surface area (Å²) in [6.07, 6.45) is 0. The van der Waals surface area contributed by atoms with E-state index in [0.717, 1.165) is 0 Å². The molecule has 2 aliphatic heterocycles. The van der Waals surface area contributed by atoms with Gasteiger partial charge in [-0.1, -0.05) is 6.07 Å². The van der Waals surface area contributed by atoms with Crippen LogP contribution in [0, 0.1) is 0 Å². The van der Waals surface area contributed by atoms with E-state index in [4.69, 9.17) is 18.9 Å². The minimum Gasteiger partial charge on any atom is -0.486 e. The molecule has 0 bridgehead atoms. The van der Waals surface area contributed by atoms with Crippen LogP contribution in [-0.4, -0.2) is 34.3 Å². The molecule has 0 radical (unpaired) electrons. The Hall–Kier alpha value is -3.92. The number of nitrogens with one attached hydrogen (secondary N) is 2. The van der Waals surface area contributed by atoms with E-state index in [2.05, 4.69) is 10.0 Å². The van der Waals surface area contributed by atoms with Crippen molar-refractivity contribution in [3.8, 4) is 23.0 Å². The Bertz CT molecular complexity index is 1290. The Labute approximate surface area is 183 Å². The fourth-order valence-corrected chi connectivity index (χ4v) is 4.41. The normalized spacial score (nSPS) is 14.0. The first-order valence-electron chi connectivity index (χ1n) is 9.72. The van der Waals surface area contributed by atoms with Crippen LogP contribution in [0.1, 0.15) is 10.4 Å². The van der Waals surface area contributed by atoms with E-state index in [1.807, 2.05) is 0 Å². The number of carbonyl (C=O) groups excluding carboxylic acids is 1. The predicted octanol–water partition coefficient (Wildman–Crippen LogP) is 3.24. The summed E-state index contributed by atoms with van der Waals surface area (Å²) in [5.41, 5.74) is 1.19. The van der Waals surface area contributed by atoms with Gasteiger partial charge in [-0.15, -0.1) is 0 Å². The van der Waals surface area contributed by atoms with Crippen LogP contribution in [0.25, 0.3) is 0 Å². The van der Waals surface area contributed by atoms with Crippen LogP contribution in [-0.2, 0) is 10.0 Å². The highest BCUT2D eigenvalue weighted by atomic mass is 32.2. The molecule has 0 fully saturated rings. The molecule has 3 aromatic rings. The smallest absolute Gasteiger partial charge is 0.262 e. The van der Waals surface area contributed by atoms with Gasteiger partial charge in [-0.2, -0.15) is 0 Å². The van der Waals surface area contributed by atoms with Gasteiger partial charge in [-0.3, -0.25) is 9.52 Å². The molecule has 5 rings (SSSR count). The van der Waals surface area contributed by atoms with E-state index in [9.17, 15) is 13.2 Å². The Morgan fingerprint density at radius 1 is 0.781 bits per heavy atom. The summed E-state index contributed by atoms with van der Waals surface area (Å²) in [6, 6.07) is 15.8. The van der Waals surface area contributed by atoms with Gasteiger partial charge >= 0.3 is 0 Å². The second-order valence-electron chi connectivity index (χ2n) is 6.98. The van der Waals surface area contributed by atoms with Crippen LogP contribution in [0.4, 0.5) is 11.4 Å². The number of amides is 1. The minimum absolute atomic E-state index is 0.0549. The van der Waals surface area contributed by atoms with Crippen LogP contribution in [0.15, 0.2) is 65.6 Å². The first-order valence-corrected chi connectivity index (χ1v) is 11.2. The average molecular weight is 454 g/mol. The van der Waals surface area contributed by atoms with E-state index in [1.165, 1.54) is 12.1 Å². The number of fused-ring (bicyclic) bond motifs is 2. The van der Waals surface area contributed by atoms with Crippen molar-refractivity contribution in [2.75, 3.05) is 30.0 Å². The molecule has 0 saturated carbocycles. The first-order chi connectivity index (χ1) is 15.5. The maximum absolute atomic E-state index is 12.7. The maximum Gasteiger partial charge on any atom is 0.262 e. The van der Waals surface area contributed by atoms with Crippen molar-refractivity contribution in [2.24, 2.45) is 0 Å². The Balaban J connectivity index is 1.29. The van der Waals surface area contributed by atoms with E-state index in [1.54, 1.807) is 48.5 Å². The predicted molar refractivity (Wildman–Crippen MR) is 115 cm³/mol. The van der Waals surface area contributed by atoms with Gasteiger partial charge in [0.25, 0.3) is 15.9 Å². The number of hydrogen-bond donors (Lipinski definition) is 2. The van der Waals surface area contributed by atoms with Crippen LogP contribution in [0.2, 0.25) is 0 Å². The van der Waals surface area contributed by atoms with Gasteiger partial charge in [-0.25, -0.2) is 8.42 Å². The molecular weight excluding hydrogens is 436 g/mol. The fourth-order valence-electron chi connectivity index (χ4n) is 3.33. The molecule has 2 N–H and O–H groups in total. The molecule has 2 aliphatic rings. The Morgan fingerprint density at radius 3 is 2.34 bits per heavy atom. The molecule has 0 unspecified atom stereocenters. The minimum atomic E-state index is -3.84. The average Bonchev–Trinajstić information content (AvgIpc) is 3.29. The summed E-state index contributed by atoms with van der Waals surface area (Å²) in [4.78, 5) is 12.7. The fraction of sp³-hybridized carbons (Fsp3) is 0.136. The van der Waals surface area contributed by atoms with E-state index < -0.39 is 10.0 Å². The van der Waals surface area contributed by atoms with E-state index >= 15 is 0 Å². The maximum atomic E-state index is 12.7. The standard InChI is InChI=1S/C22H18N2O7S/c25-22(17-2-1-3-19-21(17)31-13-30-19)23-14-4-6-15(7-5-14)24-32(26,27)16-8-9-18-20(12-16)29-11-10-28-18/h1-9,12,24H,10-11,13H2,(H,23,25). The zero-order chi connectivity index (χ0) is 22.1. The molecular formula is C22H18N2O7S. The number of ether oxygens (including phenoxy) is 4. The number of carbonyl (C=O) groups is 1. The van der Waals surface area contributed by atoms with Gasteiger partial charge in [0.15, 0.2) is 23.0 Å². The largest absolute Gasteiger partial charge is 0.486 e. The Kier molecular flexibility index (Phi) is 4.98. The number of rotatable bonds is 5. The molecule has 3 aromatic carbocycles. The van der Waals surface area contributed by atoms with Gasteiger partial charge in [0.1, 0.15) is 13.2 Å². The molecule has 0 atom stereocenters. The van der Waals surface area contributed by atoms with Crippen molar-refractivity contribution in [1.82, 2.24) is 0 Å². The number of benzene rings is 3. The third-order valence-electron chi connectivity index (χ3n) is 4.86. The summed E-state index contributed by atoms with van der Waals surface area (Å²) >= 11 is 0. The second kappa shape index (κ2) is 7.97. The van der Waals surface area contributed by atoms with Gasteiger partial charge in [-0.05, 0) is 48.5 Å². The van der Waals surface area contributed by atoms with E-state index in [0.29, 0.717) is 53.2 Å². The number of anilines is 2. The second-order valence-corrected chi connectivity index (χ2v) is 8.66. The molecule has 0 spiro atoms. The van der Waals surface area contributed by atoms with Gasteiger partial charge in [0.05, 0.1) is 10.5 Å². The SMILES string of the molecule is O=C(Nc1ccc(NS(=O)(=O)c2ccc3c(c2)OCCO3)cc1)c1cccc2c1OCO2. The molecule has 10 heteroatoms. The summed E-state index contributed by atoms with van der Waals surface area (Å²) in [7, 11) is -3.84. The summed E-state index contributed by atoms with van der Waals surface area (Å²) in [5.74, 6) is 1.45. The first kappa shape index (κ1) is 20.0. The van der Waals surface area contributed by atoms with Gasteiger partial charge in [0.2, 0.25) is 6.79 Å². The Morgan fingerprint density at radius 2 is 1.53 bits per heavy atom. The molecule has 1 amide bonds. The molecule has 32 heavy (non-hydrogen) atoms. The lowest BCUT2D eigenvalue weighted by Crippen LogP contribution is -2.17. The highest BCUT2D eigenvalue weighted by Crippen LogP contribution is 2.36. The van der Waals surface area contributed by atoms with Crippen LogP contribution in [0.5, 0.6) is 23.0 Å². The van der Waals surface area contributed by atoms with Crippen LogP contribution >= 0.6 is 0 Å². The highest BCUT2D eigenvalue weighted by Gasteiger charge is 2.22. The lowest BCUT2D eigenvalue weighted by molar-refractivity contribution is 0.102. The molecule has 0 aliphatic carbocycles. The molecule has 164 valence electrons. The highest BCUT2D eigenvalue weighted by molar-refractivity contribution is 7.92. The molecule has 0 saturated heterocycles. The van der Waals surface area contributed by atoms with Gasteiger partial charge in [0, 0.05) is 17.4 Å². The quantitative estimate of drug-likeness (QED) is 0.609. The summed E-state index contributed by atoms with van der Waals surface area (Å²) in [5, 5.41) is 2.76. The lowest BCUT2D eigenvalue weighted by Gasteiger charge is -2.19. The number of hydrogen-bond acceptors (Lipinski definition) is 7.